The molecule has 0 aromatic heterocycles. The van der Waals surface area contributed by atoms with E-state index in [1.165, 1.54) is 6.08 Å². The molecule has 0 bridgehead atoms. The van der Waals surface area contributed by atoms with Crippen molar-refractivity contribution in [2.45, 2.75) is 18.5 Å². The Bertz CT molecular complexity index is 248. The molecule has 0 unspecified atom stereocenters. The van der Waals surface area contributed by atoms with E-state index in [2.05, 4.69) is 18.1 Å². The van der Waals surface area contributed by atoms with Crippen LogP contribution in [0.5, 0.6) is 0 Å². The van der Waals surface area contributed by atoms with Gasteiger partial charge in [-0.2, -0.15) is 0 Å². The SMILES string of the molecule is C=CC(=O)N1CC[C@@H](N(C)C)[C@H]1C=C. The van der Waals surface area contributed by atoms with E-state index in [1.54, 1.807) is 0 Å². The summed E-state index contributed by atoms with van der Waals surface area (Å²) >= 11 is 0. The predicted molar refractivity (Wildman–Crippen MR) is 58.0 cm³/mol. The molecule has 0 radical (unpaired) electrons. The topological polar surface area (TPSA) is 23.6 Å². The molecular formula is C11H18N2O. The van der Waals surface area contributed by atoms with Gasteiger partial charge in [0, 0.05) is 12.6 Å². The molecular weight excluding hydrogens is 176 g/mol. The Balaban J connectivity index is 2.78. The number of hydrogen-bond donors (Lipinski definition) is 0. The van der Waals surface area contributed by atoms with Crippen LogP contribution in [0.2, 0.25) is 0 Å². The minimum absolute atomic E-state index is 0.000694. The van der Waals surface area contributed by atoms with Crippen molar-refractivity contribution >= 4 is 5.91 Å². The Labute approximate surface area is 85.7 Å². The summed E-state index contributed by atoms with van der Waals surface area (Å²) in [6.07, 6.45) is 4.22. The van der Waals surface area contributed by atoms with Gasteiger partial charge < -0.3 is 9.80 Å². The van der Waals surface area contributed by atoms with Crippen LogP contribution in [-0.4, -0.2) is 48.4 Å². The van der Waals surface area contributed by atoms with Gasteiger partial charge in [-0.15, -0.1) is 6.58 Å². The molecule has 0 aliphatic carbocycles. The quantitative estimate of drug-likeness (QED) is 0.492. The van der Waals surface area contributed by atoms with Crippen LogP contribution >= 0.6 is 0 Å². The van der Waals surface area contributed by atoms with E-state index in [0.29, 0.717) is 6.04 Å². The molecule has 1 aliphatic heterocycles. The molecule has 0 aromatic carbocycles. The molecule has 3 nitrogen and oxygen atoms in total. The minimum Gasteiger partial charge on any atom is -0.331 e. The van der Waals surface area contributed by atoms with E-state index < -0.39 is 0 Å². The third kappa shape index (κ3) is 1.87. The van der Waals surface area contributed by atoms with Gasteiger partial charge in [-0.25, -0.2) is 0 Å². The maximum atomic E-state index is 11.5. The van der Waals surface area contributed by atoms with Crippen LogP contribution in [0.25, 0.3) is 0 Å². The maximum absolute atomic E-state index is 11.5. The van der Waals surface area contributed by atoms with Crippen molar-refractivity contribution in [2.24, 2.45) is 0 Å². The highest BCUT2D eigenvalue weighted by Gasteiger charge is 2.34. The molecule has 1 saturated heterocycles. The van der Waals surface area contributed by atoms with E-state index in [0.717, 1.165) is 13.0 Å². The molecule has 3 heteroatoms. The molecule has 0 spiro atoms. The summed E-state index contributed by atoms with van der Waals surface area (Å²) in [4.78, 5) is 15.5. The van der Waals surface area contributed by atoms with Gasteiger partial charge in [-0.3, -0.25) is 4.79 Å². The van der Waals surface area contributed by atoms with Crippen LogP contribution in [0.15, 0.2) is 25.3 Å². The Morgan fingerprint density at radius 1 is 1.50 bits per heavy atom. The van der Waals surface area contributed by atoms with E-state index >= 15 is 0 Å². The fraction of sp³-hybridized carbons (Fsp3) is 0.545. The van der Waals surface area contributed by atoms with Crippen molar-refractivity contribution in [1.82, 2.24) is 9.80 Å². The average molecular weight is 194 g/mol. The number of amides is 1. The zero-order valence-electron chi connectivity index (χ0n) is 8.94. The Morgan fingerprint density at radius 2 is 2.14 bits per heavy atom. The van der Waals surface area contributed by atoms with Crippen LogP contribution in [0.3, 0.4) is 0 Å². The standard InChI is InChI=1S/C11H18N2O/c1-5-9-10(12(3)4)7-8-13(9)11(14)6-2/h5-6,9-10H,1-2,7-8H2,3-4H3/t9-,10-/m1/s1. The first-order chi connectivity index (χ1) is 6.61. The second kappa shape index (κ2) is 4.42. The second-order valence-electron chi connectivity index (χ2n) is 3.78. The van der Waals surface area contributed by atoms with Crippen molar-refractivity contribution in [3.05, 3.63) is 25.3 Å². The summed E-state index contributed by atoms with van der Waals surface area (Å²) in [5, 5.41) is 0. The van der Waals surface area contributed by atoms with Gasteiger partial charge in [0.05, 0.1) is 6.04 Å². The second-order valence-corrected chi connectivity index (χ2v) is 3.78. The number of carbonyl (C=O) groups excluding carboxylic acids is 1. The minimum atomic E-state index is -0.000694. The molecule has 1 heterocycles. The van der Waals surface area contributed by atoms with Gasteiger partial charge in [-0.1, -0.05) is 12.7 Å². The predicted octanol–water partition coefficient (Wildman–Crippen LogP) is 0.889. The molecule has 1 rings (SSSR count). The third-order valence-corrected chi connectivity index (χ3v) is 2.78. The number of likely N-dealkylation sites (N-methyl/N-ethyl adjacent to an activating group) is 1. The first kappa shape index (κ1) is 11.0. The molecule has 2 atom stereocenters. The third-order valence-electron chi connectivity index (χ3n) is 2.78. The van der Waals surface area contributed by atoms with Crippen LogP contribution in [0, 0.1) is 0 Å². The monoisotopic (exact) mass is 194 g/mol. The Kier molecular flexibility index (Phi) is 3.47. The van der Waals surface area contributed by atoms with Crippen molar-refractivity contribution in [3.8, 4) is 0 Å². The lowest BCUT2D eigenvalue weighted by atomic mass is 10.1. The molecule has 0 aromatic rings. The normalized spacial score (nSPS) is 26.6. The van der Waals surface area contributed by atoms with E-state index in [4.69, 9.17) is 0 Å². The number of hydrogen-bond acceptors (Lipinski definition) is 2. The van der Waals surface area contributed by atoms with Crippen LogP contribution in [0.4, 0.5) is 0 Å². The fourth-order valence-corrected chi connectivity index (χ4v) is 2.02. The van der Waals surface area contributed by atoms with Crippen LogP contribution in [0.1, 0.15) is 6.42 Å². The average Bonchev–Trinajstić information content (AvgIpc) is 2.59. The molecule has 1 aliphatic rings. The van der Waals surface area contributed by atoms with Gasteiger partial charge >= 0.3 is 0 Å². The zero-order valence-corrected chi connectivity index (χ0v) is 8.94. The van der Waals surface area contributed by atoms with Gasteiger partial charge in [0.15, 0.2) is 0 Å². The van der Waals surface area contributed by atoms with Gasteiger partial charge in [0.25, 0.3) is 0 Å². The highest BCUT2D eigenvalue weighted by atomic mass is 16.2. The Hall–Kier alpha value is -1.09. The molecule has 0 N–H and O–H groups in total. The van der Waals surface area contributed by atoms with Gasteiger partial charge in [-0.05, 0) is 26.6 Å². The summed E-state index contributed by atoms with van der Waals surface area (Å²) in [6, 6.07) is 0.506. The first-order valence-electron chi connectivity index (χ1n) is 4.83. The number of likely N-dealkylation sites (tertiary alicyclic amines) is 1. The fourth-order valence-electron chi connectivity index (χ4n) is 2.02. The van der Waals surface area contributed by atoms with E-state index in [-0.39, 0.29) is 11.9 Å². The van der Waals surface area contributed by atoms with Gasteiger partial charge in [0.2, 0.25) is 5.91 Å². The zero-order chi connectivity index (χ0) is 10.7. The lowest BCUT2D eigenvalue weighted by Gasteiger charge is -2.28. The largest absolute Gasteiger partial charge is 0.331 e. The molecule has 14 heavy (non-hydrogen) atoms. The summed E-state index contributed by atoms with van der Waals surface area (Å²) in [6.45, 7) is 8.09. The van der Waals surface area contributed by atoms with Gasteiger partial charge in [0.1, 0.15) is 0 Å². The van der Waals surface area contributed by atoms with Crippen molar-refractivity contribution in [1.29, 1.82) is 0 Å². The highest BCUT2D eigenvalue weighted by molar-refractivity contribution is 5.87. The van der Waals surface area contributed by atoms with Crippen LogP contribution < -0.4 is 0 Å². The summed E-state index contributed by atoms with van der Waals surface area (Å²) in [5.41, 5.74) is 0. The summed E-state index contributed by atoms with van der Waals surface area (Å²) < 4.78 is 0. The molecule has 78 valence electrons. The molecule has 0 saturated carbocycles. The number of rotatable bonds is 3. The smallest absolute Gasteiger partial charge is 0.246 e. The summed E-state index contributed by atoms with van der Waals surface area (Å²) in [7, 11) is 4.06. The van der Waals surface area contributed by atoms with E-state index in [1.807, 2.05) is 25.1 Å². The molecule has 1 amide bonds. The number of carbonyl (C=O) groups is 1. The van der Waals surface area contributed by atoms with Crippen LogP contribution in [-0.2, 0) is 4.79 Å². The lowest BCUT2D eigenvalue weighted by molar-refractivity contribution is -0.126. The maximum Gasteiger partial charge on any atom is 0.246 e. The Morgan fingerprint density at radius 3 is 2.57 bits per heavy atom. The summed E-state index contributed by atoms with van der Waals surface area (Å²) in [5.74, 6) is -0.000694. The highest BCUT2D eigenvalue weighted by Crippen LogP contribution is 2.22. The lowest BCUT2D eigenvalue weighted by Crippen LogP contribution is -2.42. The van der Waals surface area contributed by atoms with Crippen molar-refractivity contribution < 1.29 is 4.79 Å². The molecule has 1 fully saturated rings. The van der Waals surface area contributed by atoms with Crippen molar-refractivity contribution in [2.75, 3.05) is 20.6 Å². The van der Waals surface area contributed by atoms with Crippen molar-refractivity contribution in [3.63, 3.8) is 0 Å². The van der Waals surface area contributed by atoms with E-state index in [9.17, 15) is 4.79 Å². The number of nitrogens with zero attached hydrogens (tertiary/aromatic N) is 2. The first-order valence-corrected chi connectivity index (χ1v) is 4.83.